The van der Waals surface area contributed by atoms with Gasteiger partial charge >= 0.3 is 0 Å². The number of rotatable bonds is 11. The number of ether oxygens (including phenoxy) is 1. The van der Waals surface area contributed by atoms with Gasteiger partial charge in [0, 0.05) is 18.2 Å². The molecule has 0 unspecified atom stereocenters. The van der Waals surface area contributed by atoms with E-state index in [4.69, 9.17) is 4.74 Å². The van der Waals surface area contributed by atoms with Crippen LogP contribution in [0.15, 0.2) is 12.3 Å². The number of hydrogen-bond acceptors (Lipinski definition) is 3. The molecule has 0 atom stereocenters. The van der Waals surface area contributed by atoms with Crippen molar-refractivity contribution >= 4 is 0 Å². The first kappa shape index (κ1) is 16.2. The van der Waals surface area contributed by atoms with E-state index in [-0.39, 0.29) is 5.82 Å². The summed E-state index contributed by atoms with van der Waals surface area (Å²) in [6, 6.07) is 2.12. The van der Waals surface area contributed by atoms with E-state index < -0.39 is 0 Å². The maximum Gasteiger partial charge on any atom is 0.218 e. The largest absolute Gasteiger partial charge is 0.477 e. The Balaban J connectivity index is 1.70. The van der Waals surface area contributed by atoms with Gasteiger partial charge in [0.2, 0.25) is 5.88 Å². The fourth-order valence-electron chi connectivity index (χ4n) is 2.32. The van der Waals surface area contributed by atoms with Crippen LogP contribution < -0.4 is 10.1 Å². The molecule has 1 aromatic heterocycles. The SMILES string of the molecule is CCCCCCCCOc1ncc(F)cc1CNC1CC1. The fourth-order valence-corrected chi connectivity index (χ4v) is 2.32. The number of aromatic nitrogens is 1. The van der Waals surface area contributed by atoms with E-state index in [9.17, 15) is 4.39 Å². The van der Waals surface area contributed by atoms with Crippen LogP contribution in [0.3, 0.4) is 0 Å². The standard InChI is InChI=1S/C17H27FN2O/c1-2-3-4-5-6-7-10-21-17-14(11-15(18)13-20-17)12-19-16-8-9-16/h11,13,16,19H,2-10,12H2,1H3. The van der Waals surface area contributed by atoms with Gasteiger partial charge in [-0.25, -0.2) is 9.37 Å². The first-order valence-corrected chi connectivity index (χ1v) is 8.30. The van der Waals surface area contributed by atoms with E-state index in [1.807, 2.05) is 0 Å². The molecule has 0 saturated heterocycles. The summed E-state index contributed by atoms with van der Waals surface area (Å²) in [5.74, 6) is 0.285. The summed E-state index contributed by atoms with van der Waals surface area (Å²) >= 11 is 0. The van der Waals surface area contributed by atoms with Crippen LogP contribution in [0.5, 0.6) is 5.88 Å². The van der Waals surface area contributed by atoms with Gasteiger partial charge in [-0.1, -0.05) is 39.0 Å². The highest BCUT2D eigenvalue weighted by molar-refractivity contribution is 5.26. The highest BCUT2D eigenvalue weighted by Gasteiger charge is 2.21. The molecule has 0 bridgehead atoms. The normalized spacial score (nSPS) is 14.4. The molecule has 0 radical (unpaired) electrons. The number of pyridine rings is 1. The number of nitrogens with one attached hydrogen (secondary N) is 1. The van der Waals surface area contributed by atoms with Crippen LogP contribution in [0.25, 0.3) is 0 Å². The molecule has 21 heavy (non-hydrogen) atoms. The predicted molar refractivity (Wildman–Crippen MR) is 82.9 cm³/mol. The zero-order valence-electron chi connectivity index (χ0n) is 13.0. The predicted octanol–water partition coefficient (Wildman–Crippen LogP) is 4.21. The highest BCUT2D eigenvalue weighted by atomic mass is 19.1. The quantitative estimate of drug-likeness (QED) is 0.621. The summed E-state index contributed by atoms with van der Waals surface area (Å²) in [7, 11) is 0. The Morgan fingerprint density at radius 1 is 1.24 bits per heavy atom. The van der Waals surface area contributed by atoms with E-state index in [1.165, 1.54) is 57.2 Å². The highest BCUT2D eigenvalue weighted by Crippen LogP contribution is 2.22. The van der Waals surface area contributed by atoms with Crippen molar-refractivity contribution in [2.24, 2.45) is 0 Å². The Kier molecular flexibility index (Phi) is 6.93. The minimum atomic E-state index is -0.297. The molecule has 1 fully saturated rings. The van der Waals surface area contributed by atoms with Gasteiger partial charge in [-0.05, 0) is 25.3 Å². The zero-order chi connectivity index (χ0) is 14.9. The zero-order valence-corrected chi connectivity index (χ0v) is 13.0. The summed E-state index contributed by atoms with van der Waals surface area (Å²) in [5.41, 5.74) is 0.827. The van der Waals surface area contributed by atoms with Gasteiger partial charge in [0.25, 0.3) is 0 Å². The molecular weight excluding hydrogens is 267 g/mol. The molecule has 0 aliphatic heterocycles. The molecule has 118 valence electrons. The average molecular weight is 294 g/mol. The van der Waals surface area contributed by atoms with Crippen molar-refractivity contribution in [3.8, 4) is 5.88 Å². The Morgan fingerprint density at radius 2 is 2.00 bits per heavy atom. The van der Waals surface area contributed by atoms with Gasteiger partial charge in [0.15, 0.2) is 0 Å². The lowest BCUT2D eigenvalue weighted by Crippen LogP contribution is -2.17. The van der Waals surface area contributed by atoms with Crippen molar-refractivity contribution in [1.82, 2.24) is 10.3 Å². The van der Waals surface area contributed by atoms with Crippen molar-refractivity contribution in [3.05, 3.63) is 23.6 Å². The van der Waals surface area contributed by atoms with Crippen LogP contribution in [-0.2, 0) is 6.54 Å². The van der Waals surface area contributed by atoms with Crippen LogP contribution in [0.2, 0.25) is 0 Å². The van der Waals surface area contributed by atoms with Gasteiger partial charge in [-0.3, -0.25) is 0 Å². The third-order valence-corrected chi connectivity index (χ3v) is 3.79. The molecule has 1 aliphatic rings. The molecule has 1 N–H and O–H groups in total. The van der Waals surface area contributed by atoms with Crippen molar-refractivity contribution in [2.75, 3.05) is 6.61 Å². The third-order valence-electron chi connectivity index (χ3n) is 3.79. The first-order valence-electron chi connectivity index (χ1n) is 8.30. The second kappa shape index (κ2) is 8.98. The molecule has 1 saturated carbocycles. The number of nitrogens with zero attached hydrogens (tertiary/aromatic N) is 1. The number of halogens is 1. The maximum atomic E-state index is 13.3. The first-order chi connectivity index (χ1) is 10.3. The summed E-state index contributed by atoms with van der Waals surface area (Å²) in [5, 5.41) is 3.38. The topological polar surface area (TPSA) is 34.1 Å². The van der Waals surface area contributed by atoms with Crippen LogP contribution >= 0.6 is 0 Å². The van der Waals surface area contributed by atoms with E-state index in [1.54, 1.807) is 0 Å². The Hall–Kier alpha value is -1.16. The van der Waals surface area contributed by atoms with E-state index in [2.05, 4.69) is 17.2 Å². The van der Waals surface area contributed by atoms with Gasteiger partial charge in [-0.2, -0.15) is 0 Å². The van der Waals surface area contributed by atoms with Crippen LogP contribution in [0.1, 0.15) is 63.9 Å². The molecule has 0 amide bonds. The minimum absolute atomic E-state index is 0.297. The second-order valence-corrected chi connectivity index (χ2v) is 5.89. The number of unbranched alkanes of at least 4 members (excludes halogenated alkanes) is 5. The van der Waals surface area contributed by atoms with E-state index in [0.717, 1.165) is 12.0 Å². The fraction of sp³-hybridized carbons (Fsp3) is 0.706. The van der Waals surface area contributed by atoms with Gasteiger partial charge in [-0.15, -0.1) is 0 Å². The van der Waals surface area contributed by atoms with Crippen LogP contribution in [0.4, 0.5) is 4.39 Å². The molecule has 2 rings (SSSR count). The maximum absolute atomic E-state index is 13.3. The summed E-state index contributed by atoms with van der Waals surface area (Å²) in [4.78, 5) is 4.09. The lowest BCUT2D eigenvalue weighted by molar-refractivity contribution is 0.288. The monoisotopic (exact) mass is 294 g/mol. The second-order valence-electron chi connectivity index (χ2n) is 5.89. The van der Waals surface area contributed by atoms with Gasteiger partial charge in [0.05, 0.1) is 12.8 Å². The number of hydrogen-bond donors (Lipinski definition) is 1. The van der Waals surface area contributed by atoms with Gasteiger partial charge < -0.3 is 10.1 Å². The third kappa shape index (κ3) is 6.42. The average Bonchev–Trinajstić information content (AvgIpc) is 3.30. The summed E-state index contributed by atoms with van der Waals surface area (Å²) in [6.07, 6.45) is 11.1. The molecule has 4 heteroatoms. The van der Waals surface area contributed by atoms with Crippen molar-refractivity contribution < 1.29 is 9.13 Å². The molecule has 1 heterocycles. The van der Waals surface area contributed by atoms with E-state index in [0.29, 0.717) is 25.1 Å². The van der Waals surface area contributed by atoms with Crippen molar-refractivity contribution in [2.45, 2.75) is 70.9 Å². The summed E-state index contributed by atoms with van der Waals surface area (Å²) < 4.78 is 19.0. The Morgan fingerprint density at radius 3 is 2.76 bits per heavy atom. The Labute approximate surface area is 127 Å². The van der Waals surface area contributed by atoms with Gasteiger partial charge in [0.1, 0.15) is 5.82 Å². The summed E-state index contributed by atoms with van der Waals surface area (Å²) in [6.45, 7) is 3.53. The van der Waals surface area contributed by atoms with Crippen LogP contribution in [0, 0.1) is 5.82 Å². The smallest absolute Gasteiger partial charge is 0.218 e. The molecule has 1 aliphatic carbocycles. The van der Waals surface area contributed by atoms with Crippen molar-refractivity contribution in [1.29, 1.82) is 0 Å². The van der Waals surface area contributed by atoms with E-state index >= 15 is 0 Å². The van der Waals surface area contributed by atoms with Crippen LogP contribution in [-0.4, -0.2) is 17.6 Å². The molecule has 1 aromatic rings. The molecule has 3 nitrogen and oxygen atoms in total. The minimum Gasteiger partial charge on any atom is -0.477 e. The molecule has 0 spiro atoms. The Bertz CT molecular complexity index is 421. The lowest BCUT2D eigenvalue weighted by Gasteiger charge is -2.11. The molecular formula is C17H27FN2O. The lowest BCUT2D eigenvalue weighted by atomic mass is 10.1. The van der Waals surface area contributed by atoms with Crippen molar-refractivity contribution in [3.63, 3.8) is 0 Å². The molecule has 0 aromatic carbocycles.